The number of imidazole rings is 1. The Labute approximate surface area is 136 Å². The van der Waals surface area contributed by atoms with Crippen molar-refractivity contribution in [2.45, 2.75) is 44.8 Å². The van der Waals surface area contributed by atoms with Gasteiger partial charge in [0.1, 0.15) is 18.2 Å². The molecule has 0 amide bonds. The summed E-state index contributed by atoms with van der Waals surface area (Å²) in [6.07, 6.45) is -0.876. The van der Waals surface area contributed by atoms with Gasteiger partial charge < -0.3 is 9.30 Å². The van der Waals surface area contributed by atoms with Crippen LogP contribution < -0.4 is 0 Å². The monoisotopic (exact) mass is 344 g/mol. The van der Waals surface area contributed by atoms with Gasteiger partial charge in [-0.2, -0.15) is 18.3 Å². The first-order chi connectivity index (χ1) is 11.4. The lowest BCUT2D eigenvalue weighted by atomic mass is 10.2. The molecule has 0 aliphatic carbocycles. The SMILES string of the molecule is CO[C@@H]1C[C@@H](c2n[nH]c(C)n2)N(Cc2nccn2CC(F)(F)F)C1. The molecule has 0 aromatic carbocycles. The zero-order valence-electron chi connectivity index (χ0n) is 13.4. The third kappa shape index (κ3) is 3.75. The van der Waals surface area contributed by atoms with E-state index in [1.807, 2.05) is 4.90 Å². The first kappa shape index (κ1) is 16.9. The van der Waals surface area contributed by atoms with E-state index in [4.69, 9.17) is 4.74 Å². The molecular weight excluding hydrogens is 325 g/mol. The molecule has 0 saturated carbocycles. The molecule has 0 radical (unpaired) electrons. The summed E-state index contributed by atoms with van der Waals surface area (Å²) >= 11 is 0. The van der Waals surface area contributed by atoms with Crippen LogP contribution in [-0.4, -0.2) is 55.6 Å². The average molecular weight is 344 g/mol. The fraction of sp³-hybridized carbons (Fsp3) is 0.643. The van der Waals surface area contributed by atoms with Gasteiger partial charge in [-0.1, -0.05) is 0 Å². The van der Waals surface area contributed by atoms with Crippen LogP contribution in [0.4, 0.5) is 13.2 Å². The van der Waals surface area contributed by atoms with E-state index in [0.717, 1.165) is 4.57 Å². The number of aryl methyl sites for hydroxylation is 1. The van der Waals surface area contributed by atoms with Crippen LogP contribution in [0, 0.1) is 6.92 Å². The van der Waals surface area contributed by atoms with Gasteiger partial charge in [0.2, 0.25) is 0 Å². The molecular formula is C14H19F3N6O. The summed E-state index contributed by atoms with van der Waals surface area (Å²) in [4.78, 5) is 10.4. The van der Waals surface area contributed by atoms with Gasteiger partial charge in [-0.3, -0.25) is 10.00 Å². The minimum atomic E-state index is -4.28. The number of alkyl halides is 3. The molecule has 132 valence electrons. The number of nitrogens with one attached hydrogen (secondary N) is 1. The first-order valence-electron chi connectivity index (χ1n) is 7.58. The number of ether oxygens (including phenoxy) is 1. The summed E-state index contributed by atoms with van der Waals surface area (Å²) in [5.41, 5.74) is 0. The molecule has 2 aromatic rings. The predicted molar refractivity (Wildman–Crippen MR) is 78.0 cm³/mol. The number of halogens is 3. The Hall–Kier alpha value is -1.94. The quantitative estimate of drug-likeness (QED) is 0.896. The van der Waals surface area contributed by atoms with E-state index in [0.29, 0.717) is 30.4 Å². The molecule has 0 spiro atoms. The summed E-state index contributed by atoms with van der Waals surface area (Å²) < 4.78 is 44.5. The molecule has 3 rings (SSSR count). The number of nitrogens with zero attached hydrogens (tertiary/aromatic N) is 5. The van der Waals surface area contributed by atoms with Crippen LogP contribution in [0.1, 0.15) is 29.9 Å². The molecule has 3 heterocycles. The number of methoxy groups -OCH3 is 1. The molecule has 1 N–H and O–H groups in total. The Bertz CT molecular complexity index is 682. The predicted octanol–water partition coefficient (Wildman–Crippen LogP) is 1.83. The molecule has 2 aromatic heterocycles. The van der Waals surface area contributed by atoms with Crippen LogP contribution in [0.25, 0.3) is 0 Å². The largest absolute Gasteiger partial charge is 0.406 e. The van der Waals surface area contributed by atoms with Crippen molar-refractivity contribution in [3.63, 3.8) is 0 Å². The second kappa shape index (κ2) is 6.52. The summed E-state index contributed by atoms with van der Waals surface area (Å²) in [5.74, 6) is 1.69. The second-order valence-electron chi connectivity index (χ2n) is 5.90. The standard InChI is InChI=1S/C14H19F3N6O/c1-9-19-13(21-20-9)11-5-10(24-2)6-23(11)7-12-18-3-4-22(12)8-14(15,16)17/h3-4,10-11H,5-8H2,1-2H3,(H,19,20,21)/t10-,11+/m1/s1. The summed E-state index contributed by atoms with van der Waals surface area (Å²) in [6, 6.07) is -0.115. The molecule has 0 bridgehead atoms. The van der Waals surface area contributed by atoms with Gasteiger partial charge in [0.05, 0.1) is 18.7 Å². The van der Waals surface area contributed by atoms with Crippen LogP contribution in [0.3, 0.4) is 0 Å². The number of H-pyrrole nitrogens is 1. The van der Waals surface area contributed by atoms with Crippen molar-refractivity contribution >= 4 is 0 Å². The van der Waals surface area contributed by atoms with Gasteiger partial charge in [-0.15, -0.1) is 0 Å². The molecule has 10 heteroatoms. The summed E-state index contributed by atoms with van der Waals surface area (Å²) in [5, 5.41) is 6.99. The Morgan fingerprint density at radius 2 is 2.21 bits per heavy atom. The lowest BCUT2D eigenvalue weighted by molar-refractivity contribution is -0.141. The van der Waals surface area contributed by atoms with Crippen molar-refractivity contribution in [2.75, 3.05) is 13.7 Å². The van der Waals surface area contributed by atoms with Crippen LogP contribution >= 0.6 is 0 Å². The van der Waals surface area contributed by atoms with Gasteiger partial charge in [0.25, 0.3) is 0 Å². The van der Waals surface area contributed by atoms with Crippen LogP contribution in [-0.2, 0) is 17.8 Å². The van der Waals surface area contributed by atoms with E-state index >= 15 is 0 Å². The van der Waals surface area contributed by atoms with Crippen molar-refractivity contribution in [3.05, 3.63) is 29.9 Å². The number of likely N-dealkylation sites (tertiary alicyclic amines) is 1. The van der Waals surface area contributed by atoms with E-state index in [2.05, 4.69) is 20.2 Å². The fourth-order valence-electron chi connectivity index (χ4n) is 3.00. The van der Waals surface area contributed by atoms with E-state index in [-0.39, 0.29) is 18.7 Å². The van der Waals surface area contributed by atoms with E-state index in [9.17, 15) is 13.2 Å². The van der Waals surface area contributed by atoms with Gasteiger partial charge >= 0.3 is 6.18 Å². The topological polar surface area (TPSA) is 71.9 Å². The number of aromatic amines is 1. The molecule has 0 unspecified atom stereocenters. The van der Waals surface area contributed by atoms with Gasteiger partial charge in [0.15, 0.2) is 5.82 Å². The highest BCUT2D eigenvalue weighted by molar-refractivity contribution is 5.04. The Morgan fingerprint density at radius 3 is 2.83 bits per heavy atom. The number of hydrogen-bond donors (Lipinski definition) is 1. The Balaban J connectivity index is 1.78. The molecule has 1 aliphatic rings. The Kier molecular flexibility index (Phi) is 4.59. The lowest BCUT2D eigenvalue weighted by Crippen LogP contribution is -2.28. The Morgan fingerprint density at radius 1 is 1.42 bits per heavy atom. The third-order valence-corrected chi connectivity index (χ3v) is 4.11. The number of hydrogen-bond acceptors (Lipinski definition) is 5. The van der Waals surface area contributed by atoms with Crippen molar-refractivity contribution in [1.29, 1.82) is 0 Å². The molecule has 24 heavy (non-hydrogen) atoms. The zero-order chi connectivity index (χ0) is 17.3. The van der Waals surface area contributed by atoms with Crippen LogP contribution in [0.2, 0.25) is 0 Å². The van der Waals surface area contributed by atoms with Crippen LogP contribution in [0.5, 0.6) is 0 Å². The van der Waals surface area contributed by atoms with E-state index < -0.39 is 12.7 Å². The van der Waals surface area contributed by atoms with E-state index in [1.165, 1.54) is 12.4 Å². The highest BCUT2D eigenvalue weighted by Crippen LogP contribution is 2.32. The maximum absolute atomic E-state index is 12.7. The first-order valence-corrected chi connectivity index (χ1v) is 7.58. The molecule has 1 aliphatic heterocycles. The molecule has 2 atom stereocenters. The van der Waals surface area contributed by atoms with E-state index in [1.54, 1.807) is 14.0 Å². The maximum Gasteiger partial charge on any atom is 0.406 e. The number of aromatic nitrogens is 5. The highest BCUT2D eigenvalue weighted by Gasteiger charge is 2.37. The minimum Gasteiger partial charge on any atom is -0.380 e. The molecule has 7 nitrogen and oxygen atoms in total. The maximum atomic E-state index is 12.7. The summed E-state index contributed by atoms with van der Waals surface area (Å²) in [6.45, 7) is 1.63. The zero-order valence-corrected chi connectivity index (χ0v) is 13.4. The molecule has 1 fully saturated rings. The normalized spacial score (nSPS) is 22.4. The number of rotatable bonds is 5. The third-order valence-electron chi connectivity index (χ3n) is 4.11. The van der Waals surface area contributed by atoms with Crippen molar-refractivity contribution in [2.24, 2.45) is 0 Å². The summed E-state index contributed by atoms with van der Waals surface area (Å²) in [7, 11) is 1.62. The van der Waals surface area contributed by atoms with Crippen molar-refractivity contribution < 1.29 is 17.9 Å². The average Bonchev–Trinajstić information content (AvgIpc) is 3.19. The van der Waals surface area contributed by atoms with Crippen LogP contribution in [0.15, 0.2) is 12.4 Å². The molecule has 1 saturated heterocycles. The van der Waals surface area contributed by atoms with Gasteiger partial charge in [0, 0.05) is 26.0 Å². The highest BCUT2D eigenvalue weighted by atomic mass is 19.4. The van der Waals surface area contributed by atoms with Gasteiger partial charge in [-0.05, 0) is 13.3 Å². The lowest BCUT2D eigenvalue weighted by Gasteiger charge is -2.22. The van der Waals surface area contributed by atoms with Crippen molar-refractivity contribution in [3.8, 4) is 0 Å². The van der Waals surface area contributed by atoms with Crippen molar-refractivity contribution in [1.82, 2.24) is 29.6 Å². The fourth-order valence-corrected chi connectivity index (χ4v) is 3.00. The minimum absolute atomic E-state index is 0.0140. The van der Waals surface area contributed by atoms with Gasteiger partial charge in [-0.25, -0.2) is 9.97 Å². The second-order valence-corrected chi connectivity index (χ2v) is 5.90. The smallest absolute Gasteiger partial charge is 0.380 e.